The molecule has 0 spiro atoms. The Kier molecular flexibility index (Phi) is 49.0. The maximum absolute atomic E-state index is 12.3. The number of ether oxygens (including phenoxy) is 2. The lowest BCUT2D eigenvalue weighted by Crippen LogP contribution is -2.28. The van der Waals surface area contributed by atoms with Crippen molar-refractivity contribution < 1.29 is 24.2 Å². The fourth-order valence-electron chi connectivity index (χ4n) is 6.74. The van der Waals surface area contributed by atoms with E-state index in [2.05, 4.69) is 123 Å². The van der Waals surface area contributed by atoms with Crippen molar-refractivity contribution in [2.75, 3.05) is 13.2 Å². The van der Waals surface area contributed by atoms with Crippen LogP contribution in [-0.4, -0.2) is 36.4 Å². The highest BCUT2D eigenvalue weighted by atomic mass is 16.6. The Morgan fingerprint density at radius 1 is 0.387 bits per heavy atom. The van der Waals surface area contributed by atoms with E-state index in [9.17, 15) is 14.7 Å². The maximum atomic E-state index is 12.3. The third-order valence-corrected chi connectivity index (χ3v) is 10.6. The molecule has 0 saturated heterocycles. The zero-order chi connectivity index (χ0) is 44.9. The molecule has 1 unspecified atom stereocenters. The summed E-state index contributed by atoms with van der Waals surface area (Å²) in [5.41, 5.74) is 0. The van der Waals surface area contributed by atoms with E-state index in [1.54, 1.807) is 0 Å². The van der Waals surface area contributed by atoms with E-state index in [-0.39, 0.29) is 25.2 Å². The highest BCUT2D eigenvalue weighted by molar-refractivity contribution is 5.70. The molecule has 0 saturated carbocycles. The summed E-state index contributed by atoms with van der Waals surface area (Å²) in [6.07, 6.45) is 74.6. The van der Waals surface area contributed by atoms with Crippen molar-refractivity contribution in [3.05, 3.63) is 109 Å². The molecule has 0 bridgehead atoms. The number of aliphatic hydroxyl groups is 1. The maximum Gasteiger partial charge on any atom is 0.306 e. The molecule has 0 aliphatic heterocycles. The molecule has 0 aromatic carbocycles. The number of unbranched alkanes of at least 4 members (excludes halogenated alkanes) is 19. The van der Waals surface area contributed by atoms with Crippen molar-refractivity contribution in [2.45, 2.75) is 225 Å². The summed E-state index contributed by atoms with van der Waals surface area (Å²) in [6, 6.07) is 0. The minimum absolute atomic E-state index is 0.0793. The second-order valence-corrected chi connectivity index (χ2v) is 16.5. The van der Waals surface area contributed by atoms with Crippen LogP contribution in [0, 0.1) is 0 Å². The van der Waals surface area contributed by atoms with Crippen LogP contribution in [0.25, 0.3) is 0 Å². The summed E-state index contributed by atoms with van der Waals surface area (Å²) in [7, 11) is 0. The number of esters is 2. The van der Waals surface area contributed by atoms with Crippen LogP contribution >= 0.6 is 0 Å². The Hall–Kier alpha value is -3.44. The summed E-state index contributed by atoms with van der Waals surface area (Å²) in [4.78, 5) is 24.4. The van der Waals surface area contributed by atoms with Gasteiger partial charge in [0.15, 0.2) is 6.10 Å². The van der Waals surface area contributed by atoms with Crippen molar-refractivity contribution in [2.24, 2.45) is 0 Å². The van der Waals surface area contributed by atoms with E-state index in [0.29, 0.717) is 12.8 Å². The Morgan fingerprint density at radius 3 is 1.05 bits per heavy atom. The number of hydrogen-bond acceptors (Lipinski definition) is 5. The van der Waals surface area contributed by atoms with Gasteiger partial charge in [-0.1, -0.05) is 213 Å². The Labute approximate surface area is 382 Å². The number of hydrogen-bond donors (Lipinski definition) is 1. The van der Waals surface area contributed by atoms with Crippen LogP contribution in [0.5, 0.6) is 0 Å². The lowest BCUT2D eigenvalue weighted by Gasteiger charge is -2.15. The topological polar surface area (TPSA) is 72.8 Å². The summed E-state index contributed by atoms with van der Waals surface area (Å²) >= 11 is 0. The molecule has 1 N–H and O–H groups in total. The van der Waals surface area contributed by atoms with Crippen molar-refractivity contribution in [3.8, 4) is 0 Å². The molecule has 62 heavy (non-hydrogen) atoms. The van der Waals surface area contributed by atoms with Crippen molar-refractivity contribution >= 4 is 11.9 Å². The van der Waals surface area contributed by atoms with Crippen molar-refractivity contribution in [1.82, 2.24) is 0 Å². The number of carbonyl (C=O) groups excluding carboxylic acids is 2. The minimum Gasteiger partial charge on any atom is -0.462 e. The SMILES string of the molecule is CC/C=C\C/C=C\C/C=C\C/C=C\C/C=C\C/C=C\C/C=C\CCCCCCCCCCCCCC(=O)OC(CO)COC(=O)CCCCCCC/C=C\C/C=C\CCCCC. The molecule has 5 heteroatoms. The molecule has 0 rings (SSSR count). The first-order chi connectivity index (χ1) is 30.6. The fraction of sp³-hybridized carbons (Fsp3) is 0.649. The van der Waals surface area contributed by atoms with Gasteiger partial charge in [0.05, 0.1) is 6.61 Å². The smallest absolute Gasteiger partial charge is 0.306 e. The van der Waals surface area contributed by atoms with E-state index in [1.165, 1.54) is 96.3 Å². The van der Waals surface area contributed by atoms with Crippen LogP contribution in [0.4, 0.5) is 0 Å². The molecule has 0 heterocycles. The third-order valence-electron chi connectivity index (χ3n) is 10.6. The van der Waals surface area contributed by atoms with Crippen molar-refractivity contribution in [1.29, 1.82) is 0 Å². The molecule has 0 fully saturated rings. The van der Waals surface area contributed by atoms with Gasteiger partial charge >= 0.3 is 11.9 Å². The van der Waals surface area contributed by atoms with E-state index in [1.807, 2.05) is 0 Å². The standard InChI is InChI=1S/C57H94O5/c1-3-5-7-9-11-13-15-17-19-20-21-22-23-24-25-26-27-28-29-30-31-32-33-34-35-36-38-40-42-44-46-48-50-52-57(60)62-55(53-58)54-61-56(59)51-49-47-45-43-41-39-37-18-16-14-12-10-8-6-4-2/h5,7,11-14,17-19,21-22,24-25,27-28,30-31,37,55,58H,3-4,6,8-10,15-16,20,23,26,29,32-36,38-54H2,1-2H3/b7-5-,13-11-,14-12-,19-17-,22-21-,25-24-,28-27-,31-30-,37-18-. The van der Waals surface area contributed by atoms with Crippen LogP contribution in [-0.2, 0) is 19.1 Å². The second kappa shape index (κ2) is 51.9. The van der Waals surface area contributed by atoms with Gasteiger partial charge in [-0.3, -0.25) is 9.59 Å². The first-order valence-electron chi connectivity index (χ1n) is 25.4. The molecule has 0 aromatic rings. The van der Waals surface area contributed by atoms with Gasteiger partial charge in [0, 0.05) is 12.8 Å². The average Bonchev–Trinajstić information content (AvgIpc) is 3.28. The van der Waals surface area contributed by atoms with E-state index >= 15 is 0 Å². The van der Waals surface area contributed by atoms with Crippen LogP contribution < -0.4 is 0 Å². The Balaban J connectivity index is 3.57. The highest BCUT2D eigenvalue weighted by Gasteiger charge is 2.16. The number of aliphatic hydroxyl groups excluding tert-OH is 1. The van der Waals surface area contributed by atoms with Gasteiger partial charge in [0.1, 0.15) is 6.61 Å². The predicted octanol–water partition coefficient (Wildman–Crippen LogP) is 17.0. The van der Waals surface area contributed by atoms with Gasteiger partial charge < -0.3 is 14.6 Å². The summed E-state index contributed by atoms with van der Waals surface area (Å²) in [6.45, 7) is 3.98. The van der Waals surface area contributed by atoms with Gasteiger partial charge in [-0.15, -0.1) is 0 Å². The van der Waals surface area contributed by atoms with Crippen LogP contribution in [0.3, 0.4) is 0 Å². The average molecular weight is 859 g/mol. The number of carbonyl (C=O) groups is 2. The third kappa shape index (κ3) is 49.2. The lowest BCUT2D eigenvalue weighted by atomic mass is 10.0. The van der Waals surface area contributed by atoms with E-state index in [4.69, 9.17) is 9.47 Å². The van der Waals surface area contributed by atoms with Gasteiger partial charge in [-0.2, -0.15) is 0 Å². The monoisotopic (exact) mass is 859 g/mol. The minimum atomic E-state index is -0.786. The Morgan fingerprint density at radius 2 is 0.694 bits per heavy atom. The summed E-state index contributed by atoms with van der Waals surface area (Å²) in [5, 5.41) is 9.61. The molecular weight excluding hydrogens is 765 g/mol. The molecule has 5 nitrogen and oxygen atoms in total. The van der Waals surface area contributed by atoms with Crippen LogP contribution in [0.15, 0.2) is 109 Å². The normalized spacial score (nSPS) is 13.1. The van der Waals surface area contributed by atoms with Crippen LogP contribution in [0.2, 0.25) is 0 Å². The molecule has 0 radical (unpaired) electrons. The lowest BCUT2D eigenvalue weighted by molar-refractivity contribution is -0.161. The molecule has 0 aliphatic carbocycles. The molecule has 1 atom stereocenters. The quantitative estimate of drug-likeness (QED) is 0.0375. The summed E-state index contributed by atoms with van der Waals surface area (Å²) in [5.74, 6) is -0.615. The first-order valence-corrected chi connectivity index (χ1v) is 25.4. The van der Waals surface area contributed by atoms with Gasteiger partial charge in [0.25, 0.3) is 0 Å². The predicted molar refractivity (Wildman–Crippen MR) is 269 cm³/mol. The van der Waals surface area contributed by atoms with Crippen LogP contribution in [0.1, 0.15) is 219 Å². The van der Waals surface area contributed by atoms with Gasteiger partial charge in [0.2, 0.25) is 0 Å². The molecule has 0 aromatic heterocycles. The number of allylic oxidation sites excluding steroid dienone is 18. The Bertz CT molecular complexity index is 1250. The molecule has 352 valence electrons. The van der Waals surface area contributed by atoms with E-state index in [0.717, 1.165) is 96.3 Å². The molecule has 0 amide bonds. The zero-order valence-corrected chi connectivity index (χ0v) is 40.1. The van der Waals surface area contributed by atoms with Gasteiger partial charge in [-0.05, 0) is 103 Å². The highest BCUT2D eigenvalue weighted by Crippen LogP contribution is 2.14. The molecular formula is C57H94O5. The second-order valence-electron chi connectivity index (χ2n) is 16.5. The number of rotatable bonds is 45. The summed E-state index contributed by atoms with van der Waals surface area (Å²) < 4.78 is 10.6. The van der Waals surface area contributed by atoms with E-state index < -0.39 is 6.10 Å². The first kappa shape index (κ1) is 58.6. The van der Waals surface area contributed by atoms with Crippen molar-refractivity contribution in [3.63, 3.8) is 0 Å². The van der Waals surface area contributed by atoms with Gasteiger partial charge in [-0.25, -0.2) is 0 Å². The largest absolute Gasteiger partial charge is 0.462 e. The fourth-order valence-corrected chi connectivity index (χ4v) is 6.74. The molecule has 0 aliphatic rings. The zero-order valence-electron chi connectivity index (χ0n) is 40.1.